The number of aryl methyl sites for hydroxylation is 1. The van der Waals surface area contributed by atoms with Crippen LogP contribution in [0.4, 0.5) is 5.69 Å². The molecule has 0 bridgehead atoms. The van der Waals surface area contributed by atoms with Crippen LogP contribution in [0.25, 0.3) is 0 Å². The molecule has 104 valence electrons. The van der Waals surface area contributed by atoms with Gasteiger partial charge in [0, 0.05) is 14.5 Å². The number of methoxy groups -OCH3 is 1. The highest BCUT2D eigenvalue weighted by Gasteiger charge is 2.12. The van der Waals surface area contributed by atoms with Crippen LogP contribution in [-0.4, -0.2) is 13.0 Å². The van der Waals surface area contributed by atoms with Crippen molar-refractivity contribution in [2.75, 3.05) is 12.4 Å². The average Bonchev–Trinajstić information content (AvgIpc) is 2.38. The number of rotatable bonds is 3. The lowest BCUT2D eigenvalue weighted by atomic mass is 10.1. The smallest absolute Gasteiger partial charge is 0.256 e. The summed E-state index contributed by atoms with van der Waals surface area (Å²) in [5.41, 5.74) is 2.18. The monoisotopic (exact) mass is 397 g/mol. The molecule has 0 spiro atoms. The van der Waals surface area contributed by atoms with Crippen molar-refractivity contribution in [3.63, 3.8) is 0 Å². The van der Waals surface area contributed by atoms with Crippen LogP contribution in [0.1, 0.15) is 15.9 Å². The van der Waals surface area contributed by atoms with Gasteiger partial charge in [0.05, 0.1) is 12.8 Å². The van der Waals surface area contributed by atoms with Crippen LogP contribution in [0.2, 0.25) is 0 Å². The first-order chi connectivity index (χ1) is 9.51. The summed E-state index contributed by atoms with van der Waals surface area (Å²) < 4.78 is 7.07. The number of carbonyl (C=O) groups is 1. The highest BCUT2D eigenvalue weighted by molar-refractivity contribution is 9.10. The van der Waals surface area contributed by atoms with Gasteiger partial charge in [0.25, 0.3) is 5.91 Å². The largest absolute Gasteiger partial charge is 0.495 e. The Morgan fingerprint density at radius 2 is 1.75 bits per heavy atom. The van der Waals surface area contributed by atoms with E-state index in [2.05, 4.69) is 37.2 Å². The highest BCUT2D eigenvalue weighted by Crippen LogP contribution is 2.28. The lowest BCUT2D eigenvalue weighted by molar-refractivity contribution is 0.102. The van der Waals surface area contributed by atoms with E-state index >= 15 is 0 Å². The summed E-state index contributed by atoms with van der Waals surface area (Å²) in [5, 5.41) is 2.87. The Morgan fingerprint density at radius 3 is 2.40 bits per heavy atom. The lowest BCUT2D eigenvalue weighted by Crippen LogP contribution is -2.14. The summed E-state index contributed by atoms with van der Waals surface area (Å²) in [5.74, 6) is 0.461. The number of amides is 1. The number of benzene rings is 2. The van der Waals surface area contributed by atoms with Crippen LogP contribution >= 0.6 is 31.9 Å². The predicted molar refractivity (Wildman–Crippen MR) is 87.5 cm³/mol. The Hall–Kier alpha value is -1.33. The third-order valence-corrected chi connectivity index (χ3v) is 3.83. The molecular weight excluding hydrogens is 386 g/mol. The summed E-state index contributed by atoms with van der Waals surface area (Å²) in [4.78, 5) is 12.3. The van der Waals surface area contributed by atoms with Crippen molar-refractivity contribution >= 4 is 43.5 Å². The number of anilines is 1. The van der Waals surface area contributed by atoms with Crippen LogP contribution in [0.15, 0.2) is 45.3 Å². The van der Waals surface area contributed by atoms with E-state index in [4.69, 9.17) is 4.74 Å². The Kier molecular flexibility index (Phi) is 4.83. The van der Waals surface area contributed by atoms with Gasteiger partial charge in [-0.15, -0.1) is 0 Å². The quantitative estimate of drug-likeness (QED) is 0.807. The normalized spacial score (nSPS) is 10.2. The van der Waals surface area contributed by atoms with E-state index in [1.54, 1.807) is 19.2 Å². The van der Waals surface area contributed by atoms with Crippen LogP contribution < -0.4 is 10.1 Å². The third-order valence-electron chi connectivity index (χ3n) is 2.84. The summed E-state index contributed by atoms with van der Waals surface area (Å²) in [6.45, 7) is 1.90. The molecule has 0 aliphatic carbocycles. The van der Waals surface area contributed by atoms with Gasteiger partial charge in [-0.2, -0.15) is 0 Å². The molecule has 0 aliphatic heterocycles. The van der Waals surface area contributed by atoms with Gasteiger partial charge in [0.2, 0.25) is 0 Å². The molecule has 5 heteroatoms. The van der Waals surface area contributed by atoms with E-state index in [0.717, 1.165) is 14.5 Å². The predicted octanol–water partition coefficient (Wildman–Crippen LogP) is 4.78. The molecule has 0 aliphatic rings. The summed E-state index contributed by atoms with van der Waals surface area (Å²) in [7, 11) is 1.57. The number of nitrogens with one attached hydrogen (secondary N) is 1. The third kappa shape index (κ3) is 3.41. The van der Waals surface area contributed by atoms with Gasteiger partial charge in [-0.25, -0.2) is 0 Å². The second-order valence-corrected chi connectivity index (χ2v) is 6.09. The first-order valence-corrected chi connectivity index (χ1v) is 7.51. The van der Waals surface area contributed by atoms with Crippen molar-refractivity contribution in [2.45, 2.75) is 6.92 Å². The summed E-state index contributed by atoms with van der Waals surface area (Å²) >= 11 is 6.77. The SMILES string of the molecule is COc1ccc(Br)cc1NC(=O)c1ccc(Br)cc1C. The number of hydrogen-bond acceptors (Lipinski definition) is 2. The van der Waals surface area contributed by atoms with Gasteiger partial charge in [-0.05, 0) is 48.9 Å². The minimum atomic E-state index is -0.161. The Balaban J connectivity index is 2.30. The number of carbonyl (C=O) groups excluding carboxylic acids is 1. The molecule has 2 aromatic rings. The van der Waals surface area contributed by atoms with Gasteiger partial charge in [-0.3, -0.25) is 4.79 Å². The van der Waals surface area contributed by atoms with E-state index in [1.807, 2.05) is 31.2 Å². The second kappa shape index (κ2) is 6.41. The van der Waals surface area contributed by atoms with E-state index in [1.165, 1.54) is 0 Å². The van der Waals surface area contributed by atoms with Crippen LogP contribution in [0.3, 0.4) is 0 Å². The minimum Gasteiger partial charge on any atom is -0.495 e. The maximum Gasteiger partial charge on any atom is 0.256 e. The first-order valence-electron chi connectivity index (χ1n) is 5.92. The van der Waals surface area contributed by atoms with Gasteiger partial charge >= 0.3 is 0 Å². The fraction of sp³-hybridized carbons (Fsp3) is 0.133. The standard InChI is InChI=1S/C15H13Br2NO2/c1-9-7-10(16)3-5-12(9)15(19)18-13-8-11(17)4-6-14(13)20-2/h3-8H,1-2H3,(H,18,19). The van der Waals surface area contributed by atoms with E-state index in [9.17, 15) is 4.79 Å². The molecule has 0 saturated carbocycles. The molecule has 2 rings (SSSR count). The van der Waals surface area contributed by atoms with Crippen molar-refractivity contribution in [1.29, 1.82) is 0 Å². The molecule has 20 heavy (non-hydrogen) atoms. The number of halogens is 2. The van der Waals surface area contributed by atoms with Crippen molar-refractivity contribution in [3.05, 3.63) is 56.5 Å². The molecule has 0 heterocycles. The van der Waals surface area contributed by atoms with Crippen molar-refractivity contribution in [1.82, 2.24) is 0 Å². The molecule has 2 aromatic carbocycles. The fourth-order valence-corrected chi connectivity index (χ4v) is 2.69. The number of hydrogen-bond donors (Lipinski definition) is 1. The molecule has 3 nitrogen and oxygen atoms in total. The minimum absolute atomic E-state index is 0.161. The van der Waals surface area contributed by atoms with Gasteiger partial charge < -0.3 is 10.1 Å². The molecule has 0 atom stereocenters. The molecule has 0 fully saturated rings. The van der Waals surface area contributed by atoms with Crippen LogP contribution in [0.5, 0.6) is 5.75 Å². The molecule has 0 saturated heterocycles. The zero-order chi connectivity index (χ0) is 14.7. The van der Waals surface area contributed by atoms with Crippen molar-refractivity contribution in [3.8, 4) is 5.75 Å². The van der Waals surface area contributed by atoms with Crippen LogP contribution in [-0.2, 0) is 0 Å². The zero-order valence-electron chi connectivity index (χ0n) is 11.0. The summed E-state index contributed by atoms with van der Waals surface area (Å²) in [6, 6.07) is 11.0. The lowest BCUT2D eigenvalue weighted by Gasteiger charge is -2.12. The van der Waals surface area contributed by atoms with E-state index in [-0.39, 0.29) is 5.91 Å². The van der Waals surface area contributed by atoms with E-state index in [0.29, 0.717) is 17.0 Å². The summed E-state index contributed by atoms with van der Waals surface area (Å²) in [6.07, 6.45) is 0. The van der Waals surface area contributed by atoms with Crippen molar-refractivity contribution < 1.29 is 9.53 Å². The fourth-order valence-electron chi connectivity index (χ4n) is 1.85. The van der Waals surface area contributed by atoms with Gasteiger partial charge in [-0.1, -0.05) is 31.9 Å². The molecule has 1 N–H and O–H groups in total. The zero-order valence-corrected chi connectivity index (χ0v) is 14.2. The van der Waals surface area contributed by atoms with Crippen molar-refractivity contribution in [2.24, 2.45) is 0 Å². The first kappa shape index (κ1) is 15.1. The van der Waals surface area contributed by atoms with Gasteiger partial charge in [0.15, 0.2) is 0 Å². The molecular formula is C15H13Br2NO2. The molecule has 1 amide bonds. The Labute approximate surface area is 134 Å². The van der Waals surface area contributed by atoms with Gasteiger partial charge in [0.1, 0.15) is 5.75 Å². The Bertz CT molecular complexity index is 656. The van der Waals surface area contributed by atoms with Crippen LogP contribution in [0, 0.1) is 6.92 Å². The topological polar surface area (TPSA) is 38.3 Å². The second-order valence-electron chi connectivity index (χ2n) is 4.26. The molecule has 0 unspecified atom stereocenters. The Morgan fingerprint density at radius 1 is 1.10 bits per heavy atom. The number of ether oxygens (including phenoxy) is 1. The maximum absolute atomic E-state index is 12.3. The van der Waals surface area contributed by atoms with E-state index < -0.39 is 0 Å². The average molecular weight is 399 g/mol. The molecule has 0 radical (unpaired) electrons. The highest BCUT2D eigenvalue weighted by atomic mass is 79.9. The molecule has 0 aromatic heterocycles. The maximum atomic E-state index is 12.3.